The van der Waals surface area contributed by atoms with Gasteiger partial charge < -0.3 is 30.6 Å². The predicted molar refractivity (Wildman–Crippen MR) is 106 cm³/mol. The fourth-order valence-electron chi connectivity index (χ4n) is 3.45. The van der Waals surface area contributed by atoms with Gasteiger partial charge in [-0.15, -0.1) is 0 Å². The van der Waals surface area contributed by atoms with Gasteiger partial charge in [0.2, 0.25) is 0 Å². The van der Waals surface area contributed by atoms with E-state index in [4.69, 9.17) is 0 Å². The predicted octanol–water partition coefficient (Wildman–Crippen LogP) is 2.87. The number of Topliss-reactive ketones (excluding diaryl/α,β-unsaturated/α-hetero) is 2. The molecule has 8 heteroatoms. The molecular weight excluding hydrogens is 392 g/mol. The summed E-state index contributed by atoms with van der Waals surface area (Å²) >= 11 is 0. The Kier molecular flexibility index (Phi) is 5.09. The number of ketones is 2. The molecule has 2 unspecified atom stereocenters. The van der Waals surface area contributed by atoms with Crippen molar-refractivity contribution in [3.05, 3.63) is 81.7 Å². The molecule has 1 aromatic rings. The Morgan fingerprint density at radius 2 is 1.00 bits per heavy atom. The summed E-state index contributed by atoms with van der Waals surface area (Å²) in [6, 6.07) is 5.25. The van der Waals surface area contributed by atoms with Crippen LogP contribution in [0.25, 0.3) is 0 Å². The van der Waals surface area contributed by atoms with Crippen LogP contribution in [0.2, 0.25) is 0 Å². The van der Waals surface area contributed by atoms with Crippen molar-refractivity contribution in [1.82, 2.24) is 0 Å². The molecule has 6 N–H and O–H groups in total. The number of carbonyl (C=O) groups is 2. The first-order chi connectivity index (χ1) is 13.8. The molecule has 8 nitrogen and oxygen atoms in total. The van der Waals surface area contributed by atoms with Crippen LogP contribution in [0.15, 0.2) is 70.6 Å². The Labute approximate surface area is 172 Å². The van der Waals surface area contributed by atoms with Gasteiger partial charge in [-0.05, 0) is 26.0 Å². The minimum absolute atomic E-state index is 0.0853. The van der Waals surface area contributed by atoms with Crippen LogP contribution in [0, 0.1) is 0 Å². The number of hydrogen-bond donors (Lipinski definition) is 6. The van der Waals surface area contributed by atoms with E-state index in [0.29, 0.717) is 0 Å². The van der Waals surface area contributed by atoms with E-state index in [-0.39, 0.29) is 35.1 Å². The molecule has 0 saturated carbocycles. The maximum atomic E-state index is 12.7. The molecule has 1 aromatic carbocycles. The van der Waals surface area contributed by atoms with Crippen molar-refractivity contribution < 1.29 is 40.2 Å². The number of aliphatic hydroxyl groups excluding tert-OH is 4. The molecule has 3 rings (SSSR count). The van der Waals surface area contributed by atoms with Crippen LogP contribution in [-0.2, 0) is 0 Å². The van der Waals surface area contributed by atoms with E-state index in [2.05, 4.69) is 0 Å². The zero-order valence-electron chi connectivity index (χ0n) is 16.4. The summed E-state index contributed by atoms with van der Waals surface area (Å²) < 4.78 is 0. The summed E-state index contributed by atoms with van der Waals surface area (Å²) in [5.74, 6) is -3.58. The maximum Gasteiger partial charge on any atom is 0.196 e. The molecule has 0 amide bonds. The summed E-state index contributed by atoms with van der Waals surface area (Å²) in [5, 5.41) is 59.8. The lowest BCUT2D eigenvalue weighted by molar-refractivity contribution is 0.0845. The van der Waals surface area contributed by atoms with Crippen molar-refractivity contribution in [2.24, 2.45) is 0 Å². The second-order valence-electron chi connectivity index (χ2n) is 8.01. The third-order valence-electron chi connectivity index (χ3n) is 4.92. The first-order valence-corrected chi connectivity index (χ1v) is 9.14. The van der Waals surface area contributed by atoms with E-state index in [1.54, 1.807) is 0 Å². The summed E-state index contributed by atoms with van der Waals surface area (Å²) in [6.45, 7) is 2.76. The number of hydrogen-bond acceptors (Lipinski definition) is 8. The van der Waals surface area contributed by atoms with Gasteiger partial charge in [-0.25, -0.2) is 0 Å². The maximum absolute atomic E-state index is 12.7. The van der Waals surface area contributed by atoms with E-state index >= 15 is 0 Å². The highest BCUT2D eigenvalue weighted by Gasteiger charge is 2.34. The molecule has 2 aliphatic rings. The van der Waals surface area contributed by atoms with E-state index < -0.39 is 45.8 Å². The molecule has 0 heterocycles. The minimum Gasteiger partial charge on any atom is -0.508 e. The zero-order chi connectivity index (χ0) is 22.4. The summed E-state index contributed by atoms with van der Waals surface area (Å²) in [6.07, 6.45) is 1.85. The Bertz CT molecular complexity index is 964. The Hall–Kier alpha value is -3.36. The van der Waals surface area contributed by atoms with E-state index in [9.17, 15) is 40.2 Å². The number of aliphatic hydroxyl groups is 6. The Balaban J connectivity index is 1.90. The summed E-state index contributed by atoms with van der Waals surface area (Å²) in [5.41, 5.74) is -3.37. The molecule has 2 atom stereocenters. The van der Waals surface area contributed by atoms with Crippen LogP contribution in [0.3, 0.4) is 0 Å². The van der Waals surface area contributed by atoms with E-state index in [0.717, 1.165) is 12.2 Å². The number of rotatable bonds is 4. The lowest BCUT2D eigenvalue weighted by Gasteiger charge is -2.25. The molecule has 0 fully saturated rings. The molecule has 30 heavy (non-hydrogen) atoms. The monoisotopic (exact) mass is 414 g/mol. The fraction of sp³-hybridized carbons (Fsp3) is 0.273. The van der Waals surface area contributed by atoms with Gasteiger partial charge in [0.1, 0.15) is 11.5 Å². The van der Waals surface area contributed by atoms with Crippen LogP contribution in [-0.4, -0.2) is 53.4 Å². The average molecular weight is 414 g/mol. The third-order valence-corrected chi connectivity index (χ3v) is 4.92. The largest absolute Gasteiger partial charge is 0.508 e. The average Bonchev–Trinajstić information content (AvgIpc) is 2.66. The highest BCUT2D eigenvalue weighted by atomic mass is 16.3. The molecule has 0 bridgehead atoms. The normalized spacial score (nSPS) is 26.9. The topological polar surface area (TPSA) is 156 Å². The van der Waals surface area contributed by atoms with Crippen molar-refractivity contribution in [3.63, 3.8) is 0 Å². The van der Waals surface area contributed by atoms with Gasteiger partial charge in [0, 0.05) is 24.0 Å². The molecule has 0 aliphatic heterocycles. The fourth-order valence-corrected chi connectivity index (χ4v) is 3.45. The zero-order valence-corrected chi connectivity index (χ0v) is 16.4. The van der Waals surface area contributed by atoms with E-state index in [1.165, 1.54) is 38.1 Å². The van der Waals surface area contributed by atoms with Gasteiger partial charge in [-0.1, -0.05) is 24.3 Å². The van der Waals surface area contributed by atoms with Crippen molar-refractivity contribution in [1.29, 1.82) is 0 Å². The van der Waals surface area contributed by atoms with Crippen molar-refractivity contribution in [2.45, 2.75) is 37.9 Å². The highest BCUT2D eigenvalue weighted by molar-refractivity contribution is 6.14. The number of carbonyl (C=O) groups excluding carboxylic acids is 2. The SMILES string of the molecule is CC1(O)C=C(C(=O)c2ccc(C(=O)C3=CC(C)(O)CC(O)=C3O)cc2)C(O)=C(O)C1. The van der Waals surface area contributed by atoms with Crippen LogP contribution in [0.5, 0.6) is 0 Å². The molecule has 0 radical (unpaired) electrons. The Morgan fingerprint density at radius 1 is 0.700 bits per heavy atom. The molecular formula is C22H22O8. The van der Waals surface area contributed by atoms with Gasteiger partial charge in [0.15, 0.2) is 23.1 Å². The van der Waals surface area contributed by atoms with Crippen LogP contribution < -0.4 is 0 Å². The number of benzene rings is 1. The van der Waals surface area contributed by atoms with Gasteiger partial charge >= 0.3 is 0 Å². The van der Waals surface area contributed by atoms with Crippen molar-refractivity contribution in [2.75, 3.05) is 0 Å². The highest BCUT2D eigenvalue weighted by Crippen LogP contribution is 2.32. The molecule has 0 aromatic heterocycles. The van der Waals surface area contributed by atoms with Gasteiger partial charge in [-0.3, -0.25) is 9.59 Å². The number of allylic oxidation sites excluding steroid dienone is 2. The molecule has 0 saturated heterocycles. The summed E-state index contributed by atoms with van der Waals surface area (Å²) in [7, 11) is 0. The first kappa shape index (κ1) is 21.4. The molecule has 0 spiro atoms. The minimum atomic E-state index is -1.51. The van der Waals surface area contributed by atoms with Gasteiger partial charge in [-0.2, -0.15) is 0 Å². The molecule has 2 aliphatic carbocycles. The Morgan fingerprint density at radius 3 is 1.30 bits per heavy atom. The second kappa shape index (κ2) is 7.16. The van der Waals surface area contributed by atoms with Crippen molar-refractivity contribution in [3.8, 4) is 0 Å². The molecule has 158 valence electrons. The van der Waals surface area contributed by atoms with Gasteiger partial charge in [0.05, 0.1) is 22.3 Å². The second-order valence-corrected chi connectivity index (χ2v) is 8.01. The first-order valence-electron chi connectivity index (χ1n) is 9.14. The van der Waals surface area contributed by atoms with Crippen LogP contribution in [0.4, 0.5) is 0 Å². The van der Waals surface area contributed by atoms with Crippen LogP contribution in [0.1, 0.15) is 47.4 Å². The van der Waals surface area contributed by atoms with Crippen molar-refractivity contribution >= 4 is 11.6 Å². The quantitative estimate of drug-likeness (QED) is 0.411. The lowest BCUT2D eigenvalue weighted by Crippen LogP contribution is -2.29. The third kappa shape index (κ3) is 4.00. The van der Waals surface area contributed by atoms with Gasteiger partial charge in [0.25, 0.3) is 0 Å². The van der Waals surface area contributed by atoms with Crippen LogP contribution >= 0.6 is 0 Å². The lowest BCUT2D eigenvalue weighted by atomic mass is 9.86. The summed E-state index contributed by atoms with van der Waals surface area (Å²) in [4.78, 5) is 25.4. The standard InChI is InChI=1S/C22H22O8/c1-21(29)7-13(19(27)15(23)9-21)17(25)11-3-5-12(6-4-11)18(26)14-8-22(2,30)10-16(24)20(14)28/h3-8,23-24,27-30H,9-10H2,1-2H3. The van der Waals surface area contributed by atoms with E-state index in [1.807, 2.05) is 0 Å². The smallest absolute Gasteiger partial charge is 0.196 e.